The van der Waals surface area contributed by atoms with Gasteiger partial charge in [0, 0.05) is 30.9 Å². The molecule has 0 radical (unpaired) electrons. The van der Waals surface area contributed by atoms with Gasteiger partial charge in [-0.25, -0.2) is 0 Å². The summed E-state index contributed by atoms with van der Waals surface area (Å²) in [5.74, 6) is -0.238. The van der Waals surface area contributed by atoms with Crippen LogP contribution in [0.5, 0.6) is 5.75 Å². The number of hydrogen-bond donors (Lipinski definition) is 2. The van der Waals surface area contributed by atoms with Crippen LogP contribution in [0.2, 0.25) is 0 Å². The Kier molecular flexibility index (Phi) is 5.64. The molecule has 23 heavy (non-hydrogen) atoms. The predicted molar refractivity (Wildman–Crippen MR) is 79.9 cm³/mol. The molecule has 8 heteroatoms. The zero-order valence-corrected chi connectivity index (χ0v) is 12.8. The number of carbonyl (C=O) groups excluding carboxylic acids is 1. The van der Waals surface area contributed by atoms with Crippen LogP contribution >= 0.6 is 0 Å². The summed E-state index contributed by atoms with van der Waals surface area (Å²) in [7, 11) is 3.41. The number of aryl methyl sites for hydroxylation is 1. The van der Waals surface area contributed by atoms with Crippen LogP contribution in [0.1, 0.15) is 17.2 Å². The second-order valence-corrected chi connectivity index (χ2v) is 4.87. The fourth-order valence-electron chi connectivity index (χ4n) is 2.18. The molecular formula is C15H18F2N4O2. The van der Waals surface area contributed by atoms with E-state index in [1.54, 1.807) is 49.4 Å². The average molecular weight is 324 g/mol. The number of halogens is 2. The van der Waals surface area contributed by atoms with Crippen molar-refractivity contribution in [3.05, 3.63) is 47.8 Å². The van der Waals surface area contributed by atoms with Gasteiger partial charge in [0.25, 0.3) is 0 Å². The number of nitrogens with zero attached hydrogens (tertiary/aromatic N) is 2. The van der Waals surface area contributed by atoms with Gasteiger partial charge in [-0.2, -0.15) is 13.9 Å². The maximum atomic E-state index is 12.4. The van der Waals surface area contributed by atoms with Crippen LogP contribution in [-0.4, -0.2) is 29.3 Å². The van der Waals surface area contributed by atoms with Gasteiger partial charge >= 0.3 is 6.61 Å². The highest BCUT2D eigenvalue weighted by molar-refractivity contribution is 5.83. The zero-order chi connectivity index (χ0) is 16.8. The van der Waals surface area contributed by atoms with Gasteiger partial charge in [-0.05, 0) is 13.1 Å². The van der Waals surface area contributed by atoms with Crippen molar-refractivity contribution in [2.75, 3.05) is 7.05 Å². The molecule has 0 bridgehead atoms. The summed E-state index contributed by atoms with van der Waals surface area (Å²) < 4.78 is 30.8. The third-order valence-corrected chi connectivity index (χ3v) is 3.25. The maximum absolute atomic E-state index is 12.4. The lowest BCUT2D eigenvalue weighted by atomic mass is 10.1. The molecule has 1 unspecified atom stereocenters. The van der Waals surface area contributed by atoms with E-state index in [0.29, 0.717) is 11.1 Å². The Morgan fingerprint density at radius 1 is 1.39 bits per heavy atom. The van der Waals surface area contributed by atoms with Crippen molar-refractivity contribution in [1.82, 2.24) is 20.4 Å². The number of benzene rings is 1. The summed E-state index contributed by atoms with van der Waals surface area (Å²) >= 11 is 0. The SMILES string of the molecule is CNC(C(=O)NCc1ccccc1OC(F)F)c1cnn(C)c1. The second-order valence-electron chi connectivity index (χ2n) is 4.87. The van der Waals surface area contributed by atoms with Gasteiger partial charge in [-0.3, -0.25) is 9.48 Å². The first kappa shape index (κ1) is 16.9. The molecule has 0 aliphatic rings. The first-order chi connectivity index (χ1) is 11.0. The topological polar surface area (TPSA) is 68.2 Å². The Bertz CT molecular complexity index is 660. The van der Waals surface area contributed by atoms with Gasteiger partial charge in [0.05, 0.1) is 6.20 Å². The monoisotopic (exact) mass is 324 g/mol. The highest BCUT2D eigenvalue weighted by atomic mass is 19.3. The van der Waals surface area contributed by atoms with Crippen molar-refractivity contribution >= 4 is 5.91 Å². The number of nitrogens with one attached hydrogen (secondary N) is 2. The van der Waals surface area contributed by atoms with E-state index < -0.39 is 12.7 Å². The number of ether oxygens (including phenoxy) is 1. The largest absolute Gasteiger partial charge is 0.434 e. The Labute approximate surface area is 132 Å². The van der Waals surface area contributed by atoms with Gasteiger partial charge in [0.1, 0.15) is 11.8 Å². The Balaban J connectivity index is 2.03. The molecule has 124 valence electrons. The zero-order valence-electron chi connectivity index (χ0n) is 12.8. The number of para-hydroxylation sites is 1. The Morgan fingerprint density at radius 2 is 2.13 bits per heavy atom. The highest BCUT2D eigenvalue weighted by Gasteiger charge is 2.20. The van der Waals surface area contributed by atoms with Crippen molar-refractivity contribution < 1.29 is 18.3 Å². The number of likely N-dealkylation sites (N-methyl/N-ethyl adjacent to an activating group) is 1. The van der Waals surface area contributed by atoms with Gasteiger partial charge in [0.2, 0.25) is 5.91 Å². The minimum Gasteiger partial charge on any atom is -0.434 e. The smallest absolute Gasteiger partial charge is 0.387 e. The van der Waals surface area contributed by atoms with Crippen LogP contribution in [0.15, 0.2) is 36.7 Å². The fourth-order valence-corrected chi connectivity index (χ4v) is 2.18. The van der Waals surface area contributed by atoms with Crippen molar-refractivity contribution in [2.24, 2.45) is 7.05 Å². The van der Waals surface area contributed by atoms with Crippen LogP contribution in [0.4, 0.5) is 8.78 Å². The molecule has 2 N–H and O–H groups in total. The number of rotatable bonds is 7. The summed E-state index contributed by atoms with van der Waals surface area (Å²) in [5, 5.41) is 9.63. The van der Waals surface area contributed by atoms with E-state index in [0.717, 1.165) is 0 Å². The Hall–Kier alpha value is -2.48. The molecule has 1 amide bonds. The summed E-state index contributed by atoms with van der Waals surface area (Å²) in [6.07, 6.45) is 3.32. The number of alkyl halides is 2. The van der Waals surface area contributed by atoms with Gasteiger partial charge in [0.15, 0.2) is 0 Å². The molecule has 0 aliphatic carbocycles. The highest BCUT2D eigenvalue weighted by Crippen LogP contribution is 2.20. The molecule has 1 atom stereocenters. The normalized spacial score (nSPS) is 12.2. The maximum Gasteiger partial charge on any atom is 0.387 e. The van der Waals surface area contributed by atoms with E-state index in [2.05, 4.69) is 20.5 Å². The molecule has 2 rings (SSSR count). The molecule has 0 spiro atoms. The minimum absolute atomic E-state index is 0.0465. The van der Waals surface area contributed by atoms with Crippen molar-refractivity contribution in [3.63, 3.8) is 0 Å². The van der Waals surface area contributed by atoms with E-state index in [1.165, 1.54) is 6.07 Å². The molecule has 0 saturated carbocycles. The molecule has 0 saturated heterocycles. The second kappa shape index (κ2) is 7.68. The number of hydrogen-bond acceptors (Lipinski definition) is 4. The molecule has 1 aromatic carbocycles. The lowest BCUT2D eigenvalue weighted by Gasteiger charge is -2.16. The summed E-state index contributed by atoms with van der Waals surface area (Å²) in [5.41, 5.74) is 1.19. The van der Waals surface area contributed by atoms with Crippen molar-refractivity contribution in [2.45, 2.75) is 19.2 Å². The van der Waals surface area contributed by atoms with Crippen LogP contribution in [0, 0.1) is 0 Å². The van der Waals surface area contributed by atoms with Crippen molar-refractivity contribution in [3.8, 4) is 5.75 Å². The summed E-state index contributed by atoms with van der Waals surface area (Å²) in [6.45, 7) is -2.83. The fraction of sp³-hybridized carbons (Fsp3) is 0.333. The molecular weight excluding hydrogens is 306 g/mol. The minimum atomic E-state index is -2.91. The Morgan fingerprint density at radius 3 is 2.74 bits per heavy atom. The van der Waals surface area contributed by atoms with E-state index in [1.807, 2.05) is 0 Å². The standard InChI is InChI=1S/C15H18F2N4O2/c1-18-13(11-8-20-21(2)9-11)14(22)19-7-10-5-3-4-6-12(10)23-15(16)17/h3-6,8-9,13,15,18H,7H2,1-2H3,(H,19,22). The van der Waals surface area contributed by atoms with Gasteiger partial charge in [-0.1, -0.05) is 18.2 Å². The molecule has 2 aromatic rings. The van der Waals surface area contributed by atoms with Gasteiger partial charge in [-0.15, -0.1) is 0 Å². The third-order valence-electron chi connectivity index (χ3n) is 3.25. The van der Waals surface area contributed by atoms with E-state index in [-0.39, 0.29) is 18.2 Å². The van der Waals surface area contributed by atoms with Crippen LogP contribution < -0.4 is 15.4 Å². The molecule has 1 aromatic heterocycles. The number of carbonyl (C=O) groups is 1. The quantitative estimate of drug-likeness (QED) is 0.812. The lowest BCUT2D eigenvalue weighted by molar-refractivity contribution is -0.123. The van der Waals surface area contributed by atoms with Crippen LogP contribution in [0.25, 0.3) is 0 Å². The number of amides is 1. The number of aromatic nitrogens is 2. The van der Waals surface area contributed by atoms with E-state index in [9.17, 15) is 13.6 Å². The molecule has 0 fully saturated rings. The van der Waals surface area contributed by atoms with E-state index >= 15 is 0 Å². The average Bonchev–Trinajstić information content (AvgIpc) is 2.93. The summed E-state index contributed by atoms with van der Waals surface area (Å²) in [4.78, 5) is 12.3. The summed E-state index contributed by atoms with van der Waals surface area (Å²) in [6, 6.07) is 5.76. The van der Waals surface area contributed by atoms with Gasteiger partial charge < -0.3 is 15.4 Å². The molecule has 6 nitrogen and oxygen atoms in total. The van der Waals surface area contributed by atoms with E-state index in [4.69, 9.17) is 0 Å². The van der Waals surface area contributed by atoms with Crippen LogP contribution in [-0.2, 0) is 18.4 Å². The van der Waals surface area contributed by atoms with Crippen LogP contribution in [0.3, 0.4) is 0 Å². The lowest BCUT2D eigenvalue weighted by Crippen LogP contribution is -2.35. The third kappa shape index (κ3) is 4.49. The first-order valence-electron chi connectivity index (χ1n) is 6.97. The molecule has 1 heterocycles. The van der Waals surface area contributed by atoms with Crippen molar-refractivity contribution in [1.29, 1.82) is 0 Å². The first-order valence-corrected chi connectivity index (χ1v) is 6.97. The predicted octanol–water partition coefficient (Wildman–Crippen LogP) is 1.60. The molecule has 0 aliphatic heterocycles.